The molecule has 1 atom stereocenters. The minimum absolute atomic E-state index is 0.0554. The maximum absolute atomic E-state index is 12.6. The number of nitrogens with zero attached hydrogens (tertiary/aromatic N) is 3. The molecule has 3 rings (SSSR count). The van der Waals surface area contributed by atoms with Crippen molar-refractivity contribution in [2.45, 2.75) is 18.6 Å². The van der Waals surface area contributed by atoms with Crippen LogP contribution in [-0.2, 0) is 9.59 Å². The van der Waals surface area contributed by atoms with Crippen molar-refractivity contribution in [1.82, 2.24) is 0 Å². The van der Waals surface area contributed by atoms with E-state index in [9.17, 15) is 9.59 Å². The third-order valence-electron chi connectivity index (χ3n) is 3.61. The molecular formula is C17H15ClN4O2S2. The van der Waals surface area contributed by atoms with Gasteiger partial charge in [-0.1, -0.05) is 35.5 Å². The van der Waals surface area contributed by atoms with Crippen LogP contribution in [0.5, 0.6) is 0 Å². The number of thiophene rings is 1. The van der Waals surface area contributed by atoms with Gasteiger partial charge in [0, 0.05) is 11.4 Å². The maximum atomic E-state index is 12.6. The molecule has 2 amide bonds. The van der Waals surface area contributed by atoms with E-state index >= 15 is 0 Å². The molecule has 0 bridgehead atoms. The summed E-state index contributed by atoms with van der Waals surface area (Å²) in [4.78, 5) is 27.0. The van der Waals surface area contributed by atoms with Crippen LogP contribution in [0, 0.1) is 0 Å². The van der Waals surface area contributed by atoms with Crippen molar-refractivity contribution in [3.05, 3.63) is 51.7 Å². The van der Waals surface area contributed by atoms with Crippen molar-refractivity contribution < 1.29 is 9.59 Å². The number of rotatable bonds is 4. The van der Waals surface area contributed by atoms with Crippen LogP contribution in [0.25, 0.3) is 0 Å². The number of amides is 2. The molecule has 2 N–H and O–H groups in total. The Hall–Kier alpha value is -2.16. The lowest BCUT2D eigenvalue weighted by Crippen LogP contribution is -2.31. The molecular weight excluding hydrogens is 392 g/mol. The van der Waals surface area contributed by atoms with E-state index in [0.29, 0.717) is 10.7 Å². The molecule has 2 aromatic rings. The van der Waals surface area contributed by atoms with Crippen molar-refractivity contribution in [2.75, 3.05) is 4.90 Å². The summed E-state index contributed by atoms with van der Waals surface area (Å²) < 4.78 is 0. The number of anilines is 1. The summed E-state index contributed by atoms with van der Waals surface area (Å²) in [6, 6.07) is 10.5. The van der Waals surface area contributed by atoms with Crippen LogP contribution in [0.4, 0.5) is 5.69 Å². The second kappa shape index (κ2) is 8.03. The van der Waals surface area contributed by atoms with Gasteiger partial charge in [0.15, 0.2) is 5.17 Å². The van der Waals surface area contributed by atoms with Crippen LogP contribution in [0.2, 0.25) is 5.02 Å². The highest BCUT2D eigenvalue weighted by Gasteiger charge is 2.40. The molecule has 1 aliphatic rings. The first kappa shape index (κ1) is 18.6. The Balaban J connectivity index is 1.71. The smallest absolute Gasteiger partial charge is 0.247 e. The van der Waals surface area contributed by atoms with Gasteiger partial charge in [0.25, 0.3) is 0 Å². The van der Waals surface area contributed by atoms with E-state index in [1.807, 2.05) is 24.4 Å². The molecule has 9 heteroatoms. The number of thioether (sulfide) groups is 1. The van der Waals surface area contributed by atoms with Crippen molar-refractivity contribution in [2.24, 2.45) is 15.9 Å². The molecule has 26 heavy (non-hydrogen) atoms. The third kappa shape index (κ3) is 4.14. The Morgan fingerprint density at radius 3 is 2.81 bits per heavy atom. The van der Waals surface area contributed by atoms with E-state index in [-0.39, 0.29) is 23.4 Å². The Bertz CT molecular complexity index is 896. The summed E-state index contributed by atoms with van der Waals surface area (Å²) in [5.74, 6) is -0.625. The van der Waals surface area contributed by atoms with E-state index in [2.05, 4.69) is 10.2 Å². The monoisotopic (exact) mass is 406 g/mol. The average molecular weight is 407 g/mol. The number of halogens is 1. The zero-order valence-electron chi connectivity index (χ0n) is 13.8. The standard InChI is InChI=1S/C17H15ClN4O2S2/c1-10(13-6-3-7-25-13)20-21-17(19)26-14-9-15(23)22(16(14)24)12-5-2-4-11(18)8-12/h2-8,14H,9H2,1H3,(H2,19,21)/t14-/m0/s1. The van der Waals surface area contributed by atoms with E-state index < -0.39 is 5.25 Å². The number of imide groups is 1. The van der Waals surface area contributed by atoms with Crippen molar-refractivity contribution in [3.8, 4) is 0 Å². The highest BCUT2D eigenvalue weighted by Crippen LogP contribution is 2.30. The molecule has 0 unspecified atom stereocenters. The highest BCUT2D eigenvalue weighted by atomic mass is 35.5. The number of carbonyl (C=O) groups excluding carboxylic acids is 2. The first-order valence-corrected chi connectivity index (χ1v) is 9.80. The van der Waals surface area contributed by atoms with Crippen molar-refractivity contribution >= 4 is 63.1 Å². The Labute approximate surface area is 163 Å². The molecule has 0 radical (unpaired) electrons. The van der Waals surface area contributed by atoms with Crippen LogP contribution in [0.15, 0.2) is 52.0 Å². The summed E-state index contributed by atoms with van der Waals surface area (Å²) in [7, 11) is 0. The molecule has 1 aliphatic heterocycles. The molecule has 0 saturated carbocycles. The van der Waals surface area contributed by atoms with Crippen LogP contribution in [0.3, 0.4) is 0 Å². The predicted molar refractivity (Wildman–Crippen MR) is 108 cm³/mol. The van der Waals surface area contributed by atoms with E-state index in [4.69, 9.17) is 17.3 Å². The van der Waals surface area contributed by atoms with Gasteiger partial charge in [0.2, 0.25) is 11.8 Å². The van der Waals surface area contributed by atoms with Gasteiger partial charge in [-0.05, 0) is 36.6 Å². The van der Waals surface area contributed by atoms with Crippen LogP contribution >= 0.6 is 34.7 Å². The average Bonchev–Trinajstić information content (AvgIpc) is 3.22. The molecule has 134 valence electrons. The van der Waals surface area contributed by atoms with Gasteiger partial charge in [-0.25, -0.2) is 4.90 Å². The molecule has 0 aliphatic carbocycles. The number of benzene rings is 1. The Kier molecular flexibility index (Phi) is 5.75. The topological polar surface area (TPSA) is 88.1 Å². The lowest BCUT2D eigenvalue weighted by Gasteiger charge is -2.14. The van der Waals surface area contributed by atoms with Gasteiger partial charge in [0.1, 0.15) is 5.25 Å². The maximum Gasteiger partial charge on any atom is 0.247 e. The summed E-state index contributed by atoms with van der Waals surface area (Å²) in [6.07, 6.45) is 0.0554. The number of amidine groups is 1. The minimum Gasteiger partial charge on any atom is -0.377 e. The lowest BCUT2D eigenvalue weighted by molar-refractivity contribution is -0.121. The van der Waals surface area contributed by atoms with Gasteiger partial charge >= 0.3 is 0 Å². The molecule has 1 saturated heterocycles. The summed E-state index contributed by atoms with van der Waals surface area (Å²) in [6.45, 7) is 1.83. The Morgan fingerprint density at radius 2 is 2.12 bits per heavy atom. The quantitative estimate of drug-likeness (QED) is 0.364. The number of nitrogens with two attached hydrogens (primary N) is 1. The minimum atomic E-state index is -0.623. The van der Waals surface area contributed by atoms with Gasteiger partial charge < -0.3 is 5.73 Å². The summed E-state index contributed by atoms with van der Waals surface area (Å²) in [5, 5.41) is 9.97. The molecule has 1 aromatic heterocycles. The van der Waals surface area contributed by atoms with Crippen LogP contribution in [0.1, 0.15) is 18.2 Å². The number of hydrogen-bond acceptors (Lipinski definition) is 6. The van der Waals surface area contributed by atoms with Crippen LogP contribution < -0.4 is 10.6 Å². The fourth-order valence-corrected chi connectivity index (χ4v) is 4.08. The fourth-order valence-electron chi connectivity index (χ4n) is 2.41. The highest BCUT2D eigenvalue weighted by molar-refractivity contribution is 8.14. The molecule has 0 spiro atoms. The largest absolute Gasteiger partial charge is 0.377 e. The van der Waals surface area contributed by atoms with Gasteiger partial charge in [-0.3, -0.25) is 9.59 Å². The first-order valence-electron chi connectivity index (χ1n) is 7.66. The lowest BCUT2D eigenvalue weighted by atomic mass is 10.3. The van der Waals surface area contributed by atoms with Crippen LogP contribution in [-0.4, -0.2) is 27.9 Å². The SMILES string of the molecule is CC(=NN=C(N)S[C@H]1CC(=O)N(c2cccc(Cl)c2)C1=O)c1cccs1. The second-order valence-electron chi connectivity index (χ2n) is 5.46. The predicted octanol–water partition coefficient (Wildman–Crippen LogP) is 3.51. The van der Waals surface area contributed by atoms with E-state index in [1.54, 1.807) is 35.6 Å². The molecule has 6 nitrogen and oxygen atoms in total. The Morgan fingerprint density at radius 1 is 1.31 bits per heavy atom. The van der Waals surface area contributed by atoms with Gasteiger partial charge in [0.05, 0.1) is 16.3 Å². The molecule has 1 fully saturated rings. The van der Waals surface area contributed by atoms with E-state index in [1.165, 1.54) is 0 Å². The first-order chi connectivity index (χ1) is 12.5. The fraction of sp³-hybridized carbons (Fsp3) is 0.176. The zero-order valence-corrected chi connectivity index (χ0v) is 16.1. The third-order valence-corrected chi connectivity index (χ3v) is 5.80. The van der Waals surface area contributed by atoms with Gasteiger partial charge in [-0.2, -0.15) is 5.10 Å². The summed E-state index contributed by atoms with van der Waals surface area (Å²) in [5.41, 5.74) is 7.07. The zero-order chi connectivity index (χ0) is 18.7. The van der Waals surface area contributed by atoms with Gasteiger partial charge in [-0.15, -0.1) is 16.4 Å². The van der Waals surface area contributed by atoms with E-state index in [0.717, 1.165) is 27.3 Å². The van der Waals surface area contributed by atoms with Crippen molar-refractivity contribution in [3.63, 3.8) is 0 Å². The molecule has 1 aromatic carbocycles. The normalized spacial score (nSPS) is 18.7. The number of carbonyl (C=O) groups is 2. The second-order valence-corrected chi connectivity index (χ2v) is 8.07. The summed E-state index contributed by atoms with van der Waals surface area (Å²) >= 11 is 8.54. The molecule has 2 heterocycles. The van der Waals surface area contributed by atoms with Crippen molar-refractivity contribution in [1.29, 1.82) is 0 Å². The number of hydrogen-bond donors (Lipinski definition) is 1.